The Bertz CT molecular complexity index is 969. The summed E-state index contributed by atoms with van der Waals surface area (Å²) < 4.78 is 18.4. The molecule has 1 aliphatic rings. The molecule has 1 saturated heterocycles. The summed E-state index contributed by atoms with van der Waals surface area (Å²) in [5.41, 5.74) is 2.08. The van der Waals surface area contributed by atoms with Crippen molar-refractivity contribution < 1.29 is 13.9 Å². The molecule has 0 aliphatic carbocycles. The van der Waals surface area contributed by atoms with E-state index in [0.29, 0.717) is 6.54 Å². The van der Waals surface area contributed by atoms with Gasteiger partial charge in [0.15, 0.2) is 0 Å². The summed E-state index contributed by atoms with van der Waals surface area (Å²) >= 11 is 1.46. The van der Waals surface area contributed by atoms with Crippen LogP contribution in [-0.2, 0) is 0 Å². The second-order valence-electron chi connectivity index (χ2n) is 7.00. The molecule has 4 rings (SSSR count). The molecule has 0 N–H and O–H groups in total. The van der Waals surface area contributed by atoms with Crippen LogP contribution in [0, 0.1) is 5.82 Å². The molecule has 150 valence electrons. The minimum absolute atomic E-state index is 0.0694. The molecule has 1 aliphatic heterocycles. The summed E-state index contributed by atoms with van der Waals surface area (Å²) in [5.74, 6) is 0.655. The molecule has 0 bridgehead atoms. The minimum atomic E-state index is -0.257. The first-order chi connectivity index (χ1) is 14.1. The highest BCUT2D eigenvalue weighted by molar-refractivity contribution is 7.17. The Kier molecular flexibility index (Phi) is 5.81. The fourth-order valence-corrected chi connectivity index (χ4v) is 4.53. The van der Waals surface area contributed by atoms with E-state index in [1.54, 1.807) is 19.2 Å². The van der Waals surface area contributed by atoms with Crippen LogP contribution in [0.3, 0.4) is 0 Å². The molecule has 29 heavy (non-hydrogen) atoms. The monoisotopic (exact) mass is 410 g/mol. The van der Waals surface area contributed by atoms with Crippen LogP contribution < -0.4 is 9.64 Å². The van der Waals surface area contributed by atoms with Gasteiger partial charge < -0.3 is 14.5 Å². The zero-order valence-electron chi connectivity index (χ0n) is 16.3. The van der Waals surface area contributed by atoms with Gasteiger partial charge in [-0.15, -0.1) is 11.3 Å². The van der Waals surface area contributed by atoms with Crippen molar-refractivity contribution in [3.8, 4) is 16.2 Å². The van der Waals surface area contributed by atoms with E-state index in [1.165, 1.54) is 23.5 Å². The van der Waals surface area contributed by atoms with E-state index in [2.05, 4.69) is 17.0 Å². The first-order valence-electron chi connectivity index (χ1n) is 9.68. The molecule has 1 amide bonds. The summed E-state index contributed by atoms with van der Waals surface area (Å²) in [7, 11) is 1.66. The van der Waals surface area contributed by atoms with Gasteiger partial charge in [-0.1, -0.05) is 12.1 Å². The van der Waals surface area contributed by atoms with Crippen molar-refractivity contribution in [1.82, 2.24) is 4.90 Å². The van der Waals surface area contributed by atoms with Crippen molar-refractivity contribution in [2.24, 2.45) is 0 Å². The number of anilines is 1. The SMILES string of the molecule is COc1ccc(N2CCCN(C(=O)c3ccc(-c4ccc(F)cc4)s3)CC2)cc1. The first-order valence-corrected chi connectivity index (χ1v) is 10.5. The number of hydrogen-bond acceptors (Lipinski definition) is 4. The number of hydrogen-bond donors (Lipinski definition) is 0. The van der Waals surface area contributed by atoms with Gasteiger partial charge in [-0.05, 0) is 60.5 Å². The van der Waals surface area contributed by atoms with Crippen molar-refractivity contribution in [3.63, 3.8) is 0 Å². The molecule has 6 heteroatoms. The van der Waals surface area contributed by atoms with E-state index >= 15 is 0 Å². The Morgan fingerprint density at radius 1 is 0.931 bits per heavy atom. The van der Waals surface area contributed by atoms with Gasteiger partial charge in [0.1, 0.15) is 11.6 Å². The average Bonchev–Trinajstić information content (AvgIpc) is 3.12. The van der Waals surface area contributed by atoms with Crippen molar-refractivity contribution in [3.05, 3.63) is 71.4 Å². The van der Waals surface area contributed by atoms with E-state index < -0.39 is 0 Å². The Labute approximate surface area is 174 Å². The van der Waals surface area contributed by atoms with Crippen LogP contribution in [0.15, 0.2) is 60.7 Å². The van der Waals surface area contributed by atoms with E-state index in [1.807, 2.05) is 29.2 Å². The lowest BCUT2D eigenvalue weighted by Crippen LogP contribution is -2.34. The Morgan fingerprint density at radius 3 is 2.41 bits per heavy atom. The third kappa shape index (κ3) is 4.43. The summed E-state index contributed by atoms with van der Waals surface area (Å²) in [6.07, 6.45) is 0.925. The van der Waals surface area contributed by atoms with Gasteiger partial charge in [0.25, 0.3) is 5.91 Å². The molecule has 0 radical (unpaired) electrons. The number of rotatable bonds is 4. The fraction of sp³-hybridized carbons (Fsp3) is 0.261. The fourth-order valence-electron chi connectivity index (χ4n) is 3.55. The van der Waals surface area contributed by atoms with Crippen molar-refractivity contribution >= 4 is 22.9 Å². The minimum Gasteiger partial charge on any atom is -0.497 e. The second-order valence-corrected chi connectivity index (χ2v) is 8.09. The lowest BCUT2D eigenvalue weighted by Gasteiger charge is -2.23. The zero-order valence-corrected chi connectivity index (χ0v) is 17.1. The Hall–Kier alpha value is -2.86. The van der Waals surface area contributed by atoms with Gasteiger partial charge in [-0.3, -0.25) is 4.79 Å². The molecular weight excluding hydrogens is 387 g/mol. The highest BCUT2D eigenvalue weighted by atomic mass is 32.1. The maximum atomic E-state index is 13.1. The van der Waals surface area contributed by atoms with Crippen molar-refractivity contribution in [2.45, 2.75) is 6.42 Å². The van der Waals surface area contributed by atoms with E-state index in [9.17, 15) is 9.18 Å². The number of thiophene rings is 1. The predicted molar refractivity (Wildman–Crippen MR) is 115 cm³/mol. The molecule has 0 unspecified atom stereocenters. The van der Waals surface area contributed by atoms with E-state index in [4.69, 9.17) is 4.74 Å². The molecule has 1 aromatic heterocycles. The summed E-state index contributed by atoms with van der Waals surface area (Å²) in [4.78, 5) is 19.0. The zero-order chi connectivity index (χ0) is 20.2. The van der Waals surface area contributed by atoms with Crippen LogP contribution >= 0.6 is 11.3 Å². The highest BCUT2D eigenvalue weighted by Crippen LogP contribution is 2.29. The van der Waals surface area contributed by atoms with Gasteiger partial charge in [-0.25, -0.2) is 4.39 Å². The Balaban J connectivity index is 1.42. The molecule has 0 atom stereocenters. The first kappa shape index (κ1) is 19.5. The van der Waals surface area contributed by atoms with Gasteiger partial charge in [0, 0.05) is 36.7 Å². The number of nitrogens with zero attached hydrogens (tertiary/aromatic N) is 2. The number of carbonyl (C=O) groups is 1. The largest absolute Gasteiger partial charge is 0.497 e. The number of benzene rings is 2. The standard InChI is InChI=1S/C23H23FN2O2S/c1-28-20-9-7-19(8-10-20)25-13-2-14-26(16-15-25)23(27)22-12-11-21(29-22)17-3-5-18(24)6-4-17/h3-12H,2,13-16H2,1H3. The van der Waals surface area contributed by atoms with Gasteiger partial charge in [0.05, 0.1) is 12.0 Å². The van der Waals surface area contributed by atoms with Crippen LogP contribution in [0.25, 0.3) is 10.4 Å². The summed E-state index contributed by atoms with van der Waals surface area (Å²) in [6, 6.07) is 18.2. The number of amides is 1. The van der Waals surface area contributed by atoms with Crippen LogP contribution in [0.5, 0.6) is 5.75 Å². The smallest absolute Gasteiger partial charge is 0.264 e. The summed E-state index contributed by atoms with van der Waals surface area (Å²) in [6.45, 7) is 3.15. The van der Waals surface area contributed by atoms with Gasteiger partial charge >= 0.3 is 0 Å². The van der Waals surface area contributed by atoms with E-state index in [0.717, 1.165) is 52.8 Å². The van der Waals surface area contributed by atoms with Crippen LogP contribution in [0.4, 0.5) is 10.1 Å². The van der Waals surface area contributed by atoms with Crippen LogP contribution in [0.1, 0.15) is 16.1 Å². The van der Waals surface area contributed by atoms with Crippen molar-refractivity contribution in [1.29, 1.82) is 0 Å². The van der Waals surface area contributed by atoms with Gasteiger partial charge in [0.2, 0.25) is 0 Å². The van der Waals surface area contributed by atoms with Crippen LogP contribution in [-0.4, -0.2) is 44.1 Å². The second kappa shape index (κ2) is 8.66. The van der Waals surface area contributed by atoms with Crippen molar-refractivity contribution in [2.75, 3.05) is 38.2 Å². The Morgan fingerprint density at radius 2 is 1.69 bits per heavy atom. The molecule has 4 nitrogen and oxygen atoms in total. The number of ether oxygens (including phenoxy) is 1. The number of methoxy groups -OCH3 is 1. The average molecular weight is 411 g/mol. The lowest BCUT2D eigenvalue weighted by atomic mass is 10.2. The molecule has 1 fully saturated rings. The van der Waals surface area contributed by atoms with E-state index in [-0.39, 0.29) is 11.7 Å². The third-order valence-corrected chi connectivity index (χ3v) is 6.29. The molecular formula is C23H23FN2O2S. The van der Waals surface area contributed by atoms with Crippen LogP contribution in [0.2, 0.25) is 0 Å². The normalized spacial score (nSPS) is 14.6. The maximum absolute atomic E-state index is 13.1. The molecule has 3 aromatic rings. The number of carbonyl (C=O) groups excluding carboxylic acids is 1. The molecule has 0 spiro atoms. The molecule has 0 saturated carbocycles. The quantitative estimate of drug-likeness (QED) is 0.612. The topological polar surface area (TPSA) is 32.8 Å². The third-order valence-electron chi connectivity index (χ3n) is 5.17. The molecule has 2 aromatic carbocycles. The molecule has 2 heterocycles. The lowest BCUT2D eigenvalue weighted by molar-refractivity contribution is 0.0772. The highest BCUT2D eigenvalue weighted by Gasteiger charge is 2.22. The maximum Gasteiger partial charge on any atom is 0.264 e. The predicted octanol–water partition coefficient (Wildman–Crippen LogP) is 4.92. The van der Waals surface area contributed by atoms with Gasteiger partial charge in [-0.2, -0.15) is 0 Å². The number of halogens is 1. The summed E-state index contributed by atoms with van der Waals surface area (Å²) in [5, 5.41) is 0.